The van der Waals surface area contributed by atoms with E-state index >= 15 is 0 Å². The number of cyclic esters (lactones) is 1. The number of rotatable bonds is 9. The number of aliphatic imine (C=N–C) groups is 1. The van der Waals surface area contributed by atoms with Crippen LogP contribution in [0.2, 0.25) is 0 Å². The highest BCUT2D eigenvalue weighted by molar-refractivity contribution is 14.1. The first-order chi connectivity index (χ1) is 16.2. The van der Waals surface area contributed by atoms with Gasteiger partial charge in [0, 0.05) is 17.2 Å². The van der Waals surface area contributed by atoms with Gasteiger partial charge >= 0.3 is 11.9 Å². The molecular formula is C23H21IN2O8. The molecule has 10 nitrogen and oxygen atoms in total. The second-order valence-corrected chi connectivity index (χ2v) is 8.11. The van der Waals surface area contributed by atoms with Crippen molar-refractivity contribution < 1.29 is 33.5 Å². The Labute approximate surface area is 208 Å². The van der Waals surface area contributed by atoms with Gasteiger partial charge in [0.1, 0.15) is 0 Å². The zero-order chi connectivity index (χ0) is 24.8. The number of benzene rings is 2. The van der Waals surface area contributed by atoms with Crippen LogP contribution >= 0.6 is 22.6 Å². The standard InChI is InChI=1S/C23H21IN2O8/c1-4-31-19-11-14(9-16(24)21(19)33-12-20(27)32-5-2)10-17-23(28)34-22(25-17)15-6-7-18(26(29)30)13(3)8-15/h6-11H,4-5,12H2,1-3H3/b17-10-. The molecule has 2 aromatic carbocycles. The van der Waals surface area contributed by atoms with Gasteiger partial charge in [0.15, 0.2) is 23.8 Å². The Bertz CT molecular complexity index is 1210. The van der Waals surface area contributed by atoms with Gasteiger partial charge in [0.25, 0.3) is 5.69 Å². The highest BCUT2D eigenvalue weighted by Gasteiger charge is 2.26. The van der Waals surface area contributed by atoms with Crippen LogP contribution in [0.4, 0.5) is 5.69 Å². The van der Waals surface area contributed by atoms with Crippen LogP contribution in [0, 0.1) is 20.6 Å². The number of nitro groups is 1. The van der Waals surface area contributed by atoms with E-state index in [9.17, 15) is 19.7 Å². The molecule has 1 heterocycles. The minimum absolute atomic E-state index is 0.0345. The van der Waals surface area contributed by atoms with Gasteiger partial charge in [-0.3, -0.25) is 10.1 Å². The van der Waals surface area contributed by atoms with Crippen LogP contribution in [-0.4, -0.2) is 42.6 Å². The first kappa shape index (κ1) is 25.1. The van der Waals surface area contributed by atoms with Gasteiger partial charge < -0.3 is 18.9 Å². The van der Waals surface area contributed by atoms with Crippen molar-refractivity contribution in [3.8, 4) is 11.5 Å². The molecule has 34 heavy (non-hydrogen) atoms. The van der Waals surface area contributed by atoms with Gasteiger partial charge in [-0.15, -0.1) is 0 Å². The average Bonchev–Trinajstić information content (AvgIpc) is 3.13. The Morgan fingerprint density at radius 3 is 2.62 bits per heavy atom. The molecule has 0 spiro atoms. The van der Waals surface area contributed by atoms with Crippen LogP contribution in [0.15, 0.2) is 41.0 Å². The molecule has 178 valence electrons. The minimum Gasteiger partial charge on any atom is -0.490 e. The van der Waals surface area contributed by atoms with Gasteiger partial charge in [0.2, 0.25) is 5.90 Å². The number of nitro benzene ring substituents is 1. The molecule has 0 amide bonds. The molecule has 1 aliphatic heterocycles. The number of carbonyl (C=O) groups excluding carboxylic acids is 2. The lowest BCUT2D eigenvalue weighted by atomic mass is 10.1. The van der Waals surface area contributed by atoms with Crippen LogP contribution in [0.3, 0.4) is 0 Å². The maximum Gasteiger partial charge on any atom is 0.363 e. The summed E-state index contributed by atoms with van der Waals surface area (Å²) < 4.78 is 22.1. The summed E-state index contributed by atoms with van der Waals surface area (Å²) in [6, 6.07) is 7.77. The summed E-state index contributed by atoms with van der Waals surface area (Å²) in [6.07, 6.45) is 1.54. The number of ether oxygens (including phenoxy) is 4. The van der Waals surface area contributed by atoms with E-state index in [0.717, 1.165) is 0 Å². The first-order valence-electron chi connectivity index (χ1n) is 10.3. The summed E-state index contributed by atoms with van der Waals surface area (Å²) in [5.41, 5.74) is 1.51. The van der Waals surface area contributed by atoms with Crippen LogP contribution in [-0.2, 0) is 19.1 Å². The minimum atomic E-state index is -0.651. The molecule has 0 saturated carbocycles. The van der Waals surface area contributed by atoms with E-state index in [1.807, 2.05) is 29.5 Å². The fourth-order valence-corrected chi connectivity index (χ4v) is 3.87. The van der Waals surface area contributed by atoms with E-state index in [4.69, 9.17) is 18.9 Å². The smallest absolute Gasteiger partial charge is 0.363 e. The highest BCUT2D eigenvalue weighted by atomic mass is 127. The topological polar surface area (TPSA) is 127 Å². The summed E-state index contributed by atoms with van der Waals surface area (Å²) in [6.45, 7) is 5.46. The van der Waals surface area contributed by atoms with Crippen molar-refractivity contribution in [3.05, 3.63) is 66.4 Å². The van der Waals surface area contributed by atoms with Crippen molar-refractivity contribution in [1.82, 2.24) is 0 Å². The van der Waals surface area contributed by atoms with Crippen LogP contribution in [0.25, 0.3) is 6.08 Å². The predicted molar refractivity (Wildman–Crippen MR) is 131 cm³/mol. The second-order valence-electron chi connectivity index (χ2n) is 6.95. The summed E-state index contributed by atoms with van der Waals surface area (Å²) in [5, 5.41) is 11.0. The molecule has 1 aliphatic rings. The first-order valence-corrected chi connectivity index (χ1v) is 11.3. The summed E-state index contributed by atoms with van der Waals surface area (Å²) >= 11 is 2.04. The van der Waals surface area contributed by atoms with Crippen molar-refractivity contribution in [1.29, 1.82) is 0 Å². The molecule has 3 rings (SSSR count). The van der Waals surface area contributed by atoms with E-state index in [-0.39, 0.29) is 30.5 Å². The lowest BCUT2D eigenvalue weighted by Gasteiger charge is -2.14. The molecule has 0 atom stereocenters. The van der Waals surface area contributed by atoms with Crippen LogP contribution < -0.4 is 9.47 Å². The van der Waals surface area contributed by atoms with Crippen LogP contribution in [0.1, 0.15) is 30.5 Å². The van der Waals surface area contributed by atoms with Gasteiger partial charge in [0.05, 0.1) is 21.7 Å². The van der Waals surface area contributed by atoms with E-state index in [0.29, 0.717) is 38.4 Å². The fourth-order valence-electron chi connectivity index (χ4n) is 3.09. The number of carbonyl (C=O) groups is 2. The molecule has 0 N–H and O–H groups in total. The maximum atomic E-state index is 12.4. The van der Waals surface area contributed by atoms with Gasteiger partial charge in [-0.2, -0.15) is 0 Å². The quantitative estimate of drug-likeness (QED) is 0.142. The zero-order valence-electron chi connectivity index (χ0n) is 18.6. The molecule has 0 fully saturated rings. The normalized spacial score (nSPS) is 13.9. The molecule has 11 heteroatoms. The largest absolute Gasteiger partial charge is 0.490 e. The predicted octanol–water partition coefficient (Wildman–Crippen LogP) is 4.19. The summed E-state index contributed by atoms with van der Waals surface area (Å²) in [5.74, 6) is -0.307. The SMILES string of the molecule is CCOC(=O)COc1c(I)cc(/C=C2\N=C(c3ccc([N+](=O)[O-])c(C)c3)OC2=O)cc1OCC. The summed E-state index contributed by atoms with van der Waals surface area (Å²) in [4.78, 5) is 38.9. The Kier molecular flexibility index (Phi) is 8.21. The molecular weight excluding hydrogens is 559 g/mol. The van der Waals surface area contributed by atoms with Crippen molar-refractivity contribution in [3.63, 3.8) is 0 Å². The second kappa shape index (κ2) is 11.1. The third kappa shape index (κ3) is 5.90. The molecule has 0 bridgehead atoms. The molecule has 0 aliphatic carbocycles. The Hall–Kier alpha value is -3.48. The van der Waals surface area contributed by atoms with E-state index in [1.165, 1.54) is 18.2 Å². The van der Waals surface area contributed by atoms with E-state index < -0.39 is 16.9 Å². The molecule has 2 aromatic rings. The molecule has 0 unspecified atom stereocenters. The van der Waals surface area contributed by atoms with Gasteiger partial charge in [-0.05, 0) is 79.3 Å². The van der Waals surface area contributed by atoms with Crippen molar-refractivity contribution in [2.24, 2.45) is 4.99 Å². The van der Waals surface area contributed by atoms with E-state index in [1.54, 1.807) is 32.0 Å². The number of hydrogen-bond donors (Lipinski definition) is 0. The highest BCUT2D eigenvalue weighted by Crippen LogP contribution is 2.35. The lowest BCUT2D eigenvalue weighted by Crippen LogP contribution is -2.15. The number of halogens is 1. The van der Waals surface area contributed by atoms with Gasteiger partial charge in [-0.1, -0.05) is 0 Å². The Balaban J connectivity index is 1.90. The number of nitrogens with zero attached hydrogens (tertiary/aromatic N) is 2. The third-order valence-corrected chi connectivity index (χ3v) is 5.34. The number of hydrogen-bond acceptors (Lipinski definition) is 9. The number of aryl methyl sites for hydroxylation is 1. The molecule has 0 radical (unpaired) electrons. The van der Waals surface area contributed by atoms with Crippen LogP contribution in [0.5, 0.6) is 11.5 Å². The zero-order valence-corrected chi connectivity index (χ0v) is 20.8. The van der Waals surface area contributed by atoms with Crippen molar-refractivity contribution in [2.75, 3.05) is 19.8 Å². The third-order valence-electron chi connectivity index (χ3n) is 4.54. The summed E-state index contributed by atoms with van der Waals surface area (Å²) in [7, 11) is 0. The number of esters is 2. The van der Waals surface area contributed by atoms with Crippen molar-refractivity contribution >= 4 is 52.2 Å². The monoisotopic (exact) mass is 580 g/mol. The lowest BCUT2D eigenvalue weighted by molar-refractivity contribution is -0.385. The average molecular weight is 580 g/mol. The van der Waals surface area contributed by atoms with Gasteiger partial charge in [-0.25, -0.2) is 14.6 Å². The van der Waals surface area contributed by atoms with E-state index in [2.05, 4.69) is 4.99 Å². The van der Waals surface area contributed by atoms with Crippen molar-refractivity contribution in [2.45, 2.75) is 20.8 Å². The molecule has 0 aromatic heterocycles. The maximum absolute atomic E-state index is 12.4. The Morgan fingerprint density at radius 1 is 1.21 bits per heavy atom. The Morgan fingerprint density at radius 2 is 1.97 bits per heavy atom. The molecule has 0 saturated heterocycles. The fraction of sp³-hybridized carbons (Fsp3) is 0.261.